The monoisotopic (exact) mass is 325 g/mol. The highest BCUT2D eigenvalue weighted by atomic mass is 16.3. The van der Waals surface area contributed by atoms with E-state index in [9.17, 15) is 19.5 Å². The van der Waals surface area contributed by atoms with Gasteiger partial charge in [-0.25, -0.2) is 4.79 Å². The standard InChI is InChI=1S/C17H15N3O4/c21-9-6-4-8(5-7-9)12-13-10(2-1-3-11(13)22)18-15-14(12)16(23)20-17(24)19-15/h4-7,12,21H,1-3H2,(H3,18,19,20,23,24). The summed E-state index contributed by atoms with van der Waals surface area (Å²) in [5.41, 5.74) is 1.23. The van der Waals surface area contributed by atoms with E-state index >= 15 is 0 Å². The van der Waals surface area contributed by atoms with E-state index in [1.807, 2.05) is 0 Å². The number of phenols is 1. The van der Waals surface area contributed by atoms with Gasteiger partial charge in [0.25, 0.3) is 5.56 Å². The third kappa shape index (κ3) is 2.17. The van der Waals surface area contributed by atoms with Crippen LogP contribution in [0.15, 0.2) is 45.1 Å². The van der Waals surface area contributed by atoms with E-state index in [2.05, 4.69) is 15.3 Å². The zero-order valence-electron chi connectivity index (χ0n) is 12.7. The van der Waals surface area contributed by atoms with Gasteiger partial charge in [-0.15, -0.1) is 0 Å². The minimum absolute atomic E-state index is 0.00178. The van der Waals surface area contributed by atoms with E-state index in [-0.39, 0.29) is 11.5 Å². The number of phenolic OH excluding ortho intramolecular Hbond substituents is 1. The van der Waals surface area contributed by atoms with Gasteiger partial charge in [0.15, 0.2) is 5.78 Å². The predicted molar refractivity (Wildman–Crippen MR) is 87.1 cm³/mol. The molecule has 0 bridgehead atoms. The molecule has 4 N–H and O–H groups in total. The molecule has 1 aliphatic carbocycles. The molecule has 1 aromatic carbocycles. The van der Waals surface area contributed by atoms with Gasteiger partial charge in [-0.1, -0.05) is 12.1 Å². The van der Waals surface area contributed by atoms with E-state index in [4.69, 9.17) is 0 Å². The zero-order valence-corrected chi connectivity index (χ0v) is 12.7. The second kappa shape index (κ2) is 5.23. The molecule has 122 valence electrons. The van der Waals surface area contributed by atoms with Crippen molar-refractivity contribution in [2.24, 2.45) is 0 Å². The summed E-state index contributed by atoms with van der Waals surface area (Å²) in [7, 11) is 0. The number of nitrogens with one attached hydrogen (secondary N) is 3. The van der Waals surface area contributed by atoms with Crippen molar-refractivity contribution in [3.05, 3.63) is 67.5 Å². The Hall–Kier alpha value is -3.09. The molecule has 0 saturated heterocycles. The quantitative estimate of drug-likeness (QED) is 0.631. The summed E-state index contributed by atoms with van der Waals surface area (Å²) in [6.07, 6.45) is 1.85. The second-order valence-corrected chi connectivity index (χ2v) is 6.02. The maximum atomic E-state index is 12.5. The van der Waals surface area contributed by atoms with Crippen LogP contribution < -0.4 is 16.6 Å². The fourth-order valence-electron chi connectivity index (χ4n) is 3.49. The number of carbonyl (C=O) groups is 1. The van der Waals surface area contributed by atoms with Crippen molar-refractivity contribution < 1.29 is 9.90 Å². The first-order valence-electron chi connectivity index (χ1n) is 7.73. The molecule has 0 radical (unpaired) electrons. The molecule has 0 amide bonds. The molecule has 7 heteroatoms. The smallest absolute Gasteiger partial charge is 0.327 e. The topological polar surface area (TPSA) is 115 Å². The number of aromatic nitrogens is 2. The SMILES string of the molecule is O=C1CCCC2=C1C(c1ccc(O)cc1)c1c([nH]c(=O)[nH]c1=O)N2. The van der Waals surface area contributed by atoms with E-state index in [0.29, 0.717) is 29.8 Å². The van der Waals surface area contributed by atoms with Gasteiger partial charge in [0.1, 0.15) is 11.6 Å². The van der Waals surface area contributed by atoms with Crippen LogP contribution in [0, 0.1) is 0 Å². The van der Waals surface area contributed by atoms with Gasteiger partial charge < -0.3 is 10.4 Å². The van der Waals surface area contributed by atoms with E-state index in [1.54, 1.807) is 12.1 Å². The highest BCUT2D eigenvalue weighted by Gasteiger charge is 2.37. The lowest BCUT2D eigenvalue weighted by Crippen LogP contribution is -2.36. The maximum absolute atomic E-state index is 12.5. The van der Waals surface area contributed by atoms with E-state index in [1.165, 1.54) is 12.1 Å². The number of fused-ring (bicyclic) bond motifs is 1. The molecule has 1 atom stereocenters. The fraction of sp³-hybridized carbons (Fsp3) is 0.235. The molecule has 2 aromatic rings. The van der Waals surface area contributed by atoms with Gasteiger partial charge in [0.2, 0.25) is 0 Å². The second-order valence-electron chi connectivity index (χ2n) is 6.02. The summed E-state index contributed by atoms with van der Waals surface area (Å²) in [6, 6.07) is 6.41. The number of anilines is 1. The van der Waals surface area contributed by atoms with Crippen LogP contribution in [0.5, 0.6) is 5.75 Å². The summed E-state index contributed by atoms with van der Waals surface area (Å²) < 4.78 is 0. The number of aromatic hydroxyl groups is 1. The Kier molecular flexibility index (Phi) is 3.16. The first-order chi connectivity index (χ1) is 11.5. The van der Waals surface area contributed by atoms with Crippen molar-refractivity contribution in [1.29, 1.82) is 0 Å². The third-order valence-corrected chi connectivity index (χ3v) is 4.52. The van der Waals surface area contributed by atoms with Gasteiger partial charge in [0, 0.05) is 23.6 Å². The number of aromatic amines is 2. The molecule has 1 aromatic heterocycles. The Balaban J connectivity index is 2.01. The molecule has 0 saturated carbocycles. The highest BCUT2D eigenvalue weighted by molar-refractivity contribution is 6.00. The molecule has 2 aliphatic rings. The van der Waals surface area contributed by atoms with Crippen molar-refractivity contribution in [3.63, 3.8) is 0 Å². The largest absolute Gasteiger partial charge is 0.508 e. The Bertz CT molecular complexity index is 982. The van der Waals surface area contributed by atoms with Crippen molar-refractivity contribution in [2.45, 2.75) is 25.2 Å². The maximum Gasteiger partial charge on any atom is 0.327 e. The van der Waals surface area contributed by atoms with Crippen molar-refractivity contribution in [1.82, 2.24) is 9.97 Å². The van der Waals surface area contributed by atoms with Crippen LogP contribution in [-0.2, 0) is 4.79 Å². The van der Waals surface area contributed by atoms with Crippen LogP contribution >= 0.6 is 0 Å². The highest BCUT2D eigenvalue weighted by Crippen LogP contribution is 2.42. The molecule has 1 unspecified atom stereocenters. The van der Waals surface area contributed by atoms with Gasteiger partial charge in [-0.05, 0) is 30.5 Å². The average Bonchev–Trinajstić information content (AvgIpc) is 2.54. The molecule has 2 heterocycles. The molecular formula is C17H15N3O4. The fourth-order valence-corrected chi connectivity index (χ4v) is 3.49. The van der Waals surface area contributed by atoms with Gasteiger partial charge in [-0.3, -0.25) is 19.6 Å². The molecule has 24 heavy (non-hydrogen) atoms. The molecule has 7 nitrogen and oxygen atoms in total. The minimum Gasteiger partial charge on any atom is -0.508 e. The van der Waals surface area contributed by atoms with Crippen LogP contribution in [0.4, 0.5) is 5.82 Å². The van der Waals surface area contributed by atoms with Crippen molar-refractivity contribution in [2.75, 3.05) is 5.32 Å². The van der Waals surface area contributed by atoms with E-state index in [0.717, 1.165) is 17.7 Å². The predicted octanol–water partition coefficient (Wildman–Crippen LogP) is 1.33. The summed E-state index contributed by atoms with van der Waals surface area (Å²) in [4.78, 5) is 41.4. The van der Waals surface area contributed by atoms with Crippen LogP contribution in [-0.4, -0.2) is 20.9 Å². The number of hydrogen-bond acceptors (Lipinski definition) is 5. The lowest BCUT2D eigenvalue weighted by atomic mass is 9.76. The first-order valence-corrected chi connectivity index (χ1v) is 7.73. The number of rotatable bonds is 1. The molecule has 0 spiro atoms. The Labute approximate surface area is 136 Å². The minimum atomic E-state index is -0.595. The summed E-state index contributed by atoms with van der Waals surface area (Å²) in [6.45, 7) is 0. The van der Waals surface area contributed by atoms with Crippen LogP contribution in [0.25, 0.3) is 0 Å². The number of benzene rings is 1. The van der Waals surface area contributed by atoms with Gasteiger partial charge >= 0.3 is 5.69 Å². The molecule has 1 aliphatic heterocycles. The lowest BCUT2D eigenvalue weighted by Gasteiger charge is -2.32. The number of carbonyl (C=O) groups excluding carboxylic acids is 1. The summed E-state index contributed by atoms with van der Waals surface area (Å²) in [5.74, 6) is -0.133. The Morgan fingerprint density at radius 3 is 2.50 bits per heavy atom. The van der Waals surface area contributed by atoms with E-state index < -0.39 is 17.2 Å². The number of H-pyrrole nitrogens is 2. The first kappa shape index (κ1) is 14.5. The lowest BCUT2D eigenvalue weighted by molar-refractivity contribution is -0.116. The summed E-state index contributed by atoms with van der Waals surface area (Å²) >= 11 is 0. The number of allylic oxidation sites excluding steroid dienone is 2. The molecular weight excluding hydrogens is 310 g/mol. The molecule has 0 fully saturated rings. The van der Waals surface area contributed by atoms with Gasteiger partial charge in [0.05, 0.1) is 5.56 Å². The Morgan fingerprint density at radius 2 is 1.75 bits per heavy atom. The number of ketones is 1. The summed E-state index contributed by atoms with van der Waals surface area (Å²) in [5, 5.41) is 12.6. The van der Waals surface area contributed by atoms with Gasteiger partial charge in [-0.2, -0.15) is 0 Å². The Morgan fingerprint density at radius 1 is 1.00 bits per heavy atom. The zero-order chi connectivity index (χ0) is 16.8. The van der Waals surface area contributed by atoms with Crippen LogP contribution in [0.2, 0.25) is 0 Å². The normalized spacial score (nSPS) is 19.5. The third-order valence-electron chi connectivity index (χ3n) is 4.52. The van der Waals surface area contributed by atoms with Crippen molar-refractivity contribution in [3.8, 4) is 5.75 Å². The molecule has 4 rings (SSSR count). The van der Waals surface area contributed by atoms with Crippen LogP contribution in [0.3, 0.4) is 0 Å². The number of hydrogen-bond donors (Lipinski definition) is 4. The van der Waals surface area contributed by atoms with Crippen molar-refractivity contribution >= 4 is 11.6 Å². The number of Topliss-reactive ketones (excluding diaryl/α,β-unsaturated/α-hetero) is 1. The average molecular weight is 325 g/mol. The van der Waals surface area contributed by atoms with Crippen LogP contribution in [0.1, 0.15) is 36.3 Å².